The summed E-state index contributed by atoms with van der Waals surface area (Å²) >= 11 is 6.14. The van der Waals surface area contributed by atoms with E-state index in [1.165, 1.54) is 0 Å². The molecule has 1 aliphatic rings. The number of nitrogens with one attached hydrogen (secondary N) is 3. The van der Waals surface area contributed by atoms with E-state index < -0.39 is 0 Å². The summed E-state index contributed by atoms with van der Waals surface area (Å²) in [5.74, 6) is 0.0118. The van der Waals surface area contributed by atoms with Crippen molar-refractivity contribution >= 4 is 41.5 Å². The summed E-state index contributed by atoms with van der Waals surface area (Å²) < 4.78 is 0. The normalized spacial score (nSPS) is 17.1. The summed E-state index contributed by atoms with van der Waals surface area (Å²) in [6.45, 7) is 5.73. The highest BCUT2D eigenvalue weighted by Crippen LogP contribution is 2.21. The molecule has 1 aromatic rings. The van der Waals surface area contributed by atoms with Gasteiger partial charge in [0.25, 0.3) is 5.91 Å². The van der Waals surface area contributed by atoms with Crippen LogP contribution in [0.3, 0.4) is 0 Å². The van der Waals surface area contributed by atoms with Gasteiger partial charge in [-0.15, -0.1) is 12.4 Å². The molecule has 7 heteroatoms. The molecule has 3 N–H and O–H groups in total. The molecule has 0 bridgehead atoms. The topological polar surface area (TPSA) is 70.2 Å². The number of carbonyl (C=O) groups is 2. The Kier molecular flexibility index (Phi) is 8.53. The SMILES string of the molecule is CC(C)CC(=O)Nc1ccc(Cl)c(C(=O)N[C@H]2CCCNC2)c1.Cl. The van der Waals surface area contributed by atoms with Crippen LogP contribution in [0, 0.1) is 5.92 Å². The lowest BCUT2D eigenvalue weighted by Crippen LogP contribution is -2.45. The van der Waals surface area contributed by atoms with Crippen LogP contribution >= 0.6 is 24.0 Å². The molecular formula is C17H25Cl2N3O2. The smallest absolute Gasteiger partial charge is 0.253 e. The molecule has 24 heavy (non-hydrogen) atoms. The van der Waals surface area contributed by atoms with Crippen molar-refractivity contribution in [3.63, 3.8) is 0 Å². The van der Waals surface area contributed by atoms with Crippen molar-refractivity contribution in [3.8, 4) is 0 Å². The number of hydrogen-bond acceptors (Lipinski definition) is 3. The lowest BCUT2D eigenvalue weighted by molar-refractivity contribution is -0.116. The standard InChI is InChI=1S/C17H24ClN3O2.ClH/c1-11(2)8-16(22)20-12-5-6-15(18)14(9-12)17(23)21-13-4-3-7-19-10-13;/h5-6,9,11,13,19H,3-4,7-8,10H2,1-2H3,(H,20,22)(H,21,23);1H/t13-;/m0./s1. The summed E-state index contributed by atoms with van der Waals surface area (Å²) in [7, 11) is 0. The number of carbonyl (C=O) groups excluding carboxylic acids is 2. The fourth-order valence-corrected chi connectivity index (χ4v) is 2.80. The van der Waals surface area contributed by atoms with Crippen molar-refractivity contribution in [2.45, 2.75) is 39.2 Å². The van der Waals surface area contributed by atoms with Gasteiger partial charge in [-0.05, 0) is 43.5 Å². The molecule has 1 atom stereocenters. The van der Waals surface area contributed by atoms with Crippen LogP contribution in [0.5, 0.6) is 0 Å². The van der Waals surface area contributed by atoms with Crippen molar-refractivity contribution < 1.29 is 9.59 Å². The second-order valence-corrected chi connectivity index (χ2v) is 6.76. The van der Waals surface area contributed by atoms with Crippen molar-refractivity contribution in [2.24, 2.45) is 5.92 Å². The van der Waals surface area contributed by atoms with Crippen molar-refractivity contribution in [3.05, 3.63) is 28.8 Å². The van der Waals surface area contributed by atoms with Gasteiger partial charge in [0.15, 0.2) is 0 Å². The van der Waals surface area contributed by atoms with E-state index in [0.29, 0.717) is 22.7 Å². The summed E-state index contributed by atoms with van der Waals surface area (Å²) in [5, 5.41) is 9.44. The monoisotopic (exact) mass is 373 g/mol. The Morgan fingerprint density at radius 1 is 1.38 bits per heavy atom. The van der Waals surface area contributed by atoms with Gasteiger partial charge < -0.3 is 16.0 Å². The van der Waals surface area contributed by atoms with Crippen molar-refractivity contribution in [2.75, 3.05) is 18.4 Å². The Morgan fingerprint density at radius 3 is 2.75 bits per heavy atom. The zero-order valence-corrected chi connectivity index (χ0v) is 15.6. The Balaban J connectivity index is 0.00000288. The average Bonchev–Trinajstić information content (AvgIpc) is 2.49. The summed E-state index contributed by atoms with van der Waals surface area (Å²) in [4.78, 5) is 24.3. The highest BCUT2D eigenvalue weighted by molar-refractivity contribution is 6.34. The van der Waals surface area contributed by atoms with Crippen LogP contribution in [0.25, 0.3) is 0 Å². The van der Waals surface area contributed by atoms with E-state index in [1.807, 2.05) is 13.8 Å². The Hall–Kier alpha value is -1.30. The molecule has 1 aliphatic heterocycles. The zero-order valence-electron chi connectivity index (χ0n) is 14.0. The van der Waals surface area contributed by atoms with Crippen LogP contribution in [0.4, 0.5) is 5.69 Å². The third-order valence-corrected chi connectivity index (χ3v) is 4.05. The molecule has 0 aromatic heterocycles. The second kappa shape index (κ2) is 9.87. The van der Waals surface area contributed by atoms with Gasteiger partial charge in [0.2, 0.25) is 5.91 Å². The van der Waals surface area contributed by atoms with E-state index in [9.17, 15) is 9.59 Å². The van der Waals surface area contributed by atoms with E-state index in [1.54, 1.807) is 18.2 Å². The summed E-state index contributed by atoms with van der Waals surface area (Å²) in [5.41, 5.74) is 0.978. The number of piperidine rings is 1. The predicted octanol–water partition coefficient (Wildman–Crippen LogP) is 3.23. The van der Waals surface area contributed by atoms with Gasteiger partial charge >= 0.3 is 0 Å². The van der Waals surface area contributed by atoms with Gasteiger partial charge in [-0.25, -0.2) is 0 Å². The molecule has 0 radical (unpaired) electrons. The van der Waals surface area contributed by atoms with E-state index in [-0.39, 0.29) is 36.2 Å². The Morgan fingerprint density at radius 2 is 2.12 bits per heavy atom. The third-order valence-electron chi connectivity index (χ3n) is 3.72. The van der Waals surface area contributed by atoms with E-state index in [4.69, 9.17) is 11.6 Å². The molecule has 0 unspecified atom stereocenters. The first-order valence-electron chi connectivity index (χ1n) is 8.06. The second-order valence-electron chi connectivity index (χ2n) is 6.36. The molecule has 2 rings (SSSR count). The average molecular weight is 374 g/mol. The van der Waals surface area contributed by atoms with E-state index in [2.05, 4.69) is 16.0 Å². The lowest BCUT2D eigenvalue weighted by Gasteiger charge is -2.24. The summed E-state index contributed by atoms with van der Waals surface area (Å²) in [6.07, 6.45) is 2.45. The van der Waals surface area contributed by atoms with Crippen molar-refractivity contribution in [1.82, 2.24) is 10.6 Å². The Bertz CT molecular complexity index is 573. The zero-order chi connectivity index (χ0) is 16.8. The van der Waals surface area contributed by atoms with Crippen LogP contribution in [-0.2, 0) is 4.79 Å². The maximum atomic E-state index is 12.4. The van der Waals surface area contributed by atoms with E-state index in [0.717, 1.165) is 25.9 Å². The van der Waals surface area contributed by atoms with E-state index >= 15 is 0 Å². The minimum absolute atomic E-state index is 0. The maximum absolute atomic E-state index is 12.4. The first-order valence-corrected chi connectivity index (χ1v) is 8.44. The van der Waals surface area contributed by atoms with Crippen LogP contribution in [-0.4, -0.2) is 30.9 Å². The first kappa shape index (κ1) is 20.7. The third kappa shape index (κ3) is 6.30. The number of amides is 2. The minimum atomic E-state index is -0.205. The molecule has 0 spiro atoms. The van der Waals surface area contributed by atoms with Gasteiger partial charge in [0, 0.05) is 24.7 Å². The fourth-order valence-electron chi connectivity index (χ4n) is 2.60. The summed E-state index contributed by atoms with van der Waals surface area (Å²) in [6, 6.07) is 5.10. The number of hydrogen-bond donors (Lipinski definition) is 3. The maximum Gasteiger partial charge on any atom is 0.253 e. The van der Waals surface area contributed by atoms with Gasteiger partial charge in [-0.2, -0.15) is 0 Å². The largest absolute Gasteiger partial charge is 0.348 e. The number of benzene rings is 1. The molecule has 1 fully saturated rings. The molecule has 0 saturated carbocycles. The van der Waals surface area contributed by atoms with Crippen LogP contribution in [0.2, 0.25) is 5.02 Å². The quantitative estimate of drug-likeness (QED) is 0.741. The van der Waals surface area contributed by atoms with Gasteiger partial charge in [-0.1, -0.05) is 25.4 Å². The molecule has 134 valence electrons. The fraction of sp³-hybridized carbons (Fsp3) is 0.529. The van der Waals surface area contributed by atoms with Gasteiger partial charge in [0.1, 0.15) is 0 Å². The Labute approximate surface area is 154 Å². The molecule has 1 saturated heterocycles. The first-order chi connectivity index (χ1) is 11.0. The molecular weight excluding hydrogens is 349 g/mol. The lowest BCUT2D eigenvalue weighted by atomic mass is 10.1. The highest BCUT2D eigenvalue weighted by Gasteiger charge is 2.18. The number of anilines is 1. The van der Waals surface area contributed by atoms with Crippen LogP contribution in [0.1, 0.15) is 43.5 Å². The molecule has 2 amide bonds. The van der Waals surface area contributed by atoms with Gasteiger partial charge in [0.05, 0.1) is 10.6 Å². The molecule has 5 nitrogen and oxygen atoms in total. The predicted molar refractivity (Wildman–Crippen MR) is 100 cm³/mol. The number of halogens is 2. The highest BCUT2D eigenvalue weighted by atomic mass is 35.5. The minimum Gasteiger partial charge on any atom is -0.348 e. The molecule has 1 heterocycles. The van der Waals surface area contributed by atoms with Crippen molar-refractivity contribution in [1.29, 1.82) is 0 Å². The van der Waals surface area contributed by atoms with Crippen LogP contribution < -0.4 is 16.0 Å². The number of rotatable bonds is 5. The van der Waals surface area contributed by atoms with Crippen LogP contribution in [0.15, 0.2) is 18.2 Å². The van der Waals surface area contributed by atoms with Gasteiger partial charge in [-0.3, -0.25) is 9.59 Å². The molecule has 0 aliphatic carbocycles. The molecule has 1 aromatic carbocycles.